The molecule has 0 aliphatic heterocycles. The van der Waals surface area contributed by atoms with Crippen LogP contribution in [-0.4, -0.2) is 12.6 Å². The molecule has 1 atom stereocenters. The van der Waals surface area contributed by atoms with Gasteiger partial charge in [0.2, 0.25) is 0 Å². The predicted octanol–water partition coefficient (Wildman–Crippen LogP) is 2.54. The Morgan fingerprint density at radius 3 is 2.75 bits per heavy atom. The highest BCUT2D eigenvalue weighted by atomic mass is 16.5. The first-order valence-electron chi connectivity index (χ1n) is 4.47. The lowest BCUT2D eigenvalue weighted by atomic mass is 10.0. The molecule has 0 aromatic rings. The fourth-order valence-electron chi connectivity index (χ4n) is 0.956. The summed E-state index contributed by atoms with van der Waals surface area (Å²) in [5, 5.41) is 0. The van der Waals surface area contributed by atoms with Gasteiger partial charge < -0.3 is 4.74 Å². The molecule has 2 nitrogen and oxygen atoms in total. The lowest BCUT2D eigenvalue weighted by Crippen LogP contribution is -2.08. The Labute approximate surface area is 74.6 Å². The molecule has 0 heterocycles. The topological polar surface area (TPSA) is 26.3 Å². The Bertz CT molecular complexity index is 150. The second-order valence-corrected chi connectivity index (χ2v) is 2.92. The van der Waals surface area contributed by atoms with E-state index in [1.165, 1.54) is 0 Å². The van der Waals surface area contributed by atoms with Gasteiger partial charge in [-0.25, -0.2) is 0 Å². The molecule has 70 valence electrons. The molecule has 0 N–H and O–H groups in total. The third kappa shape index (κ3) is 5.96. The van der Waals surface area contributed by atoms with Gasteiger partial charge in [-0.05, 0) is 26.2 Å². The van der Waals surface area contributed by atoms with Crippen molar-refractivity contribution in [3.05, 3.63) is 12.2 Å². The monoisotopic (exact) mass is 170 g/mol. The zero-order chi connectivity index (χ0) is 9.40. The van der Waals surface area contributed by atoms with Crippen molar-refractivity contribution in [1.29, 1.82) is 0 Å². The van der Waals surface area contributed by atoms with Crippen LogP contribution in [0, 0.1) is 5.92 Å². The van der Waals surface area contributed by atoms with Crippen LogP contribution in [0.4, 0.5) is 0 Å². The Morgan fingerprint density at radius 2 is 2.25 bits per heavy atom. The normalized spacial score (nSPS) is 13.2. The zero-order valence-corrected chi connectivity index (χ0v) is 8.17. The maximum atomic E-state index is 11.0. The van der Waals surface area contributed by atoms with Crippen molar-refractivity contribution in [3.63, 3.8) is 0 Å². The minimum absolute atomic E-state index is 0.0884. The van der Waals surface area contributed by atoms with Crippen molar-refractivity contribution in [2.45, 2.75) is 33.6 Å². The number of hydrogen-bond acceptors (Lipinski definition) is 2. The lowest BCUT2D eigenvalue weighted by Gasteiger charge is -2.06. The number of carbonyl (C=O) groups is 1. The van der Waals surface area contributed by atoms with E-state index in [1.807, 2.05) is 19.9 Å². The second kappa shape index (κ2) is 6.89. The van der Waals surface area contributed by atoms with Crippen LogP contribution < -0.4 is 0 Å². The molecule has 0 saturated heterocycles. The van der Waals surface area contributed by atoms with Crippen molar-refractivity contribution >= 4 is 5.97 Å². The van der Waals surface area contributed by atoms with Gasteiger partial charge in [-0.3, -0.25) is 4.79 Å². The number of allylic oxidation sites excluding steroid dienone is 2. The second-order valence-electron chi connectivity index (χ2n) is 2.92. The molecule has 2 heteroatoms. The SMILES string of the molecule is CC=CCC(C)CC(=O)OCC. The minimum atomic E-state index is -0.0884. The molecule has 1 unspecified atom stereocenters. The van der Waals surface area contributed by atoms with E-state index in [2.05, 4.69) is 13.0 Å². The highest BCUT2D eigenvalue weighted by Gasteiger charge is 2.07. The maximum Gasteiger partial charge on any atom is 0.306 e. The summed E-state index contributed by atoms with van der Waals surface area (Å²) in [6, 6.07) is 0. The number of rotatable bonds is 5. The van der Waals surface area contributed by atoms with Crippen molar-refractivity contribution in [1.82, 2.24) is 0 Å². The van der Waals surface area contributed by atoms with Crippen LogP contribution in [0.2, 0.25) is 0 Å². The molecule has 12 heavy (non-hydrogen) atoms. The Balaban J connectivity index is 3.53. The average Bonchev–Trinajstić information content (AvgIpc) is 2.01. The predicted molar refractivity (Wildman–Crippen MR) is 49.8 cm³/mol. The van der Waals surface area contributed by atoms with E-state index in [4.69, 9.17) is 4.74 Å². The van der Waals surface area contributed by atoms with Crippen molar-refractivity contribution < 1.29 is 9.53 Å². The van der Waals surface area contributed by atoms with Crippen molar-refractivity contribution in [3.8, 4) is 0 Å². The average molecular weight is 170 g/mol. The number of esters is 1. The van der Waals surface area contributed by atoms with Gasteiger partial charge in [0.1, 0.15) is 0 Å². The first kappa shape index (κ1) is 11.2. The fourth-order valence-corrected chi connectivity index (χ4v) is 0.956. The zero-order valence-electron chi connectivity index (χ0n) is 8.17. The molecule has 0 spiro atoms. The van der Waals surface area contributed by atoms with Crippen LogP contribution in [-0.2, 0) is 9.53 Å². The standard InChI is InChI=1S/C10H18O2/c1-4-6-7-9(3)8-10(11)12-5-2/h4,6,9H,5,7-8H2,1-3H3. The summed E-state index contributed by atoms with van der Waals surface area (Å²) in [6.45, 7) is 6.34. The summed E-state index contributed by atoms with van der Waals surface area (Å²) in [5.74, 6) is 0.301. The quantitative estimate of drug-likeness (QED) is 0.468. The molecule has 0 bridgehead atoms. The summed E-state index contributed by atoms with van der Waals surface area (Å²) in [4.78, 5) is 11.0. The molecule has 0 aliphatic rings. The van der Waals surface area contributed by atoms with E-state index in [0.29, 0.717) is 18.9 Å². The lowest BCUT2D eigenvalue weighted by molar-refractivity contribution is -0.144. The van der Waals surface area contributed by atoms with E-state index in [9.17, 15) is 4.79 Å². The van der Waals surface area contributed by atoms with Gasteiger partial charge in [-0.15, -0.1) is 0 Å². The fraction of sp³-hybridized carbons (Fsp3) is 0.700. The molecule has 0 rings (SSSR count). The van der Waals surface area contributed by atoms with E-state index in [-0.39, 0.29) is 5.97 Å². The van der Waals surface area contributed by atoms with E-state index in [0.717, 1.165) is 6.42 Å². The molecule has 0 radical (unpaired) electrons. The maximum absolute atomic E-state index is 11.0. The molecule has 0 aromatic heterocycles. The first-order chi connectivity index (χ1) is 5.70. The van der Waals surface area contributed by atoms with E-state index >= 15 is 0 Å². The number of ether oxygens (including phenoxy) is 1. The summed E-state index contributed by atoms with van der Waals surface area (Å²) in [5.41, 5.74) is 0. The van der Waals surface area contributed by atoms with Crippen LogP contribution >= 0.6 is 0 Å². The minimum Gasteiger partial charge on any atom is -0.466 e. The van der Waals surface area contributed by atoms with E-state index in [1.54, 1.807) is 0 Å². The van der Waals surface area contributed by atoms with Crippen LogP contribution in [0.5, 0.6) is 0 Å². The highest BCUT2D eigenvalue weighted by Crippen LogP contribution is 2.08. The summed E-state index contributed by atoms with van der Waals surface area (Å²) in [6.07, 6.45) is 5.55. The van der Waals surface area contributed by atoms with Gasteiger partial charge in [0.15, 0.2) is 0 Å². The molecular formula is C10H18O2. The molecule has 0 fully saturated rings. The third-order valence-electron chi connectivity index (χ3n) is 1.59. The molecule has 0 aliphatic carbocycles. The third-order valence-corrected chi connectivity index (χ3v) is 1.59. The van der Waals surface area contributed by atoms with Crippen LogP contribution in [0.15, 0.2) is 12.2 Å². The number of hydrogen-bond donors (Lipinski definition) is 0. The largest absolute Gasteiger partial charge is 0.466 e. The molecule has 0 aromatic carbocycles. The van der Waals surface area contributed by atoms with Gasteiger partial charge in [0, 0.05) is 6.42 Å². The first-order valence-corrected chi connectivity index (χ1v) is 4.47. The molecular weight excluding hydrogens is 152 g/mol. The van der Waals surface area contributed by atoms with Crippen LogP contribution in [0.3, 0.4) is 0 Å². The Morgan fingerprint density at radius 1 is 1.58 bits per heavy atom. The number of carbonyl (C=O) groups excluding carboxylic acids is 1. The summed E-state index contributed by atoms with van der Waals surface area (Å²) < 4.78 is 4.83. The van der Waals surface area contributed by atoms with Crippen LogP contribution in [0.1, 0.15) is 33.6 Å². The van der Waals surface area contributed by atoms with Gasteiger partial charge in [-0.2, -0.15) is 0 Å². The highest BCUT2D eigenvalue weighted by molar-refractivity contribution is 5.69. The summed E-state index contributed by atoms with van der Waals surface area (Å²) >= 11 is 0. The smallest absolute Gasteiger partial charge is 0.306 e. The van der Waals surface area contributed by atoms with Gasteiger partial charge >= 0.3 is 5.97 Å². The van der Waals surface area contributed by atoms with Crippen molar-refractivity contribution in [2.75, 3.05) is 6.61 Å². The van der Waals surface area contributed by atoms with Gasteiger partial charge in [0.05, 0.1) is 6.61 Å². The van der Waals surface area contributed by atoms with Crippen molar-refractivity contribution in [2.24, 2.45) is 5.92 Å². The van der Waals surface area contributed by atoms with Gasteiger partial charge in [-0.1, -0.05) is 19.1 Å². The Kier molecular flexibility index (Phi) is 6.44. The molecule has 0 amide bonds. The Hall–Kier alpha value is -0.790. The van der Waals surface area contributed by atoms with Crippen LogP contribution in [0.25, 0.3) is 0 Å². The van der Waals surface area contributed by atoms with E-state index < -0.39 is 0 Å². The van der Waals surface area contributed by atoms with Gasteiger partial charge in [0.25, 0.3) is 0 Å². The summed E-state index contributed by atoms with van der Waals surface area (Å²) in [7, 11) is 0. The molecule has 0 saturated carbocycles.